The SMILES string of the molecule is Cc1ccc(NC(=O)C(Sc2cccc(NC(=O)c3ccc4ccccc4c3)c2)c2ccccc2)cc1Cl. The highest BCUT2D eigenvalue weighted by molar-refractivity contribution is 8.00. The first kappa shape index (κ1) is 25.6. The second-order valence-electron chi connectivity index (χ2n) is 8.91. The van der Waals surface area contributed by atoms with Crippen LogP contribution < -0.4 is 10.6 Å². The second-order valence-corrected chi connectivity index (χ2v) is 10.5. The molecule has 0 saturated carbocycles. The van der Waals surface area contributed by atoms with E-state index in [1.165, 1.54) is 11.8 Å². The van der Waals surface area contributed by atoms with Crippen molar-refractivity contribution < 1.29 is 9.59 Å². The highest BCUT2D eigenvalue weighted by Crippen LogP contribution is 2.37. The van der Waals surface area contributed by atoms with Gasteiger partial charge in [-0.1, -0.05) is 84.4 Å². The van der Waals surface area contributed by atoms with Gasteiger partial charge in [0, 0.05) is 26.9 Å². The molecule has 0 aliphatic carbocycles. The molecule has 0 bridgehead atoms. The molecule has 0 heterocycles. The van der Waals surface area contributed by atoms with Crippen molar-refractivity contribution in [2.45, 2.75) is 17.1 Å². The molecule has 0 spiro atoms. The number of rotatable bonds is 7. The number of hydrogen-bond acceptors (Lipinski definition) is 3. The maximum absolute atomic E-state index is 13.4. The quantitative estimate of drug-likeness (QED) is 0.205. The second kappa shape index (κ2) is 11.5. The molecule has 5 rings (SSSR count). The fourth-order valence-electron chi connectivity index (χ4n) is 4.10. The van der Waals surface area contributed by atoms with E-state index in [9.17, 15) is 9.59 Å². The minimum absolute atomic E-state index is 0.160. The Morgan fingerprint density at radius 1 is 0.711 bits per heavy atom. The fraction of sp³-hybridized carbons (Fsp3) is 0.0625. The molecule has 0 aliphatic heterocycles. The molecule has 0 fully saturated rings. The molecule has 0 saturated heterocycles. The summed E-state index contributed by atoms with van der Waals surface area (Å²) in [6, 6.07) is 36.2. The fourth-order valence-corrected chi connectivity index (χ4v) is 5.36. The average molecular weight is 537 g/mol. The van der Waals surface area contributed by atoms with Crippen LogP contribution in [0, 0.1) is 6.92 Å². The van der Waals surface area contributed by atoms with Gasteiger partial charge in [-0.05, 0) is 71.3 Å². The number of carbonyl (C=O) groups excluding carboxylic acids is 2. The summed E-state index contributed by atoms with van der Waals surface area (Å²) in [6.07, 6.45) is 0. The normalized spacial score (nSPS) is 11.6. The summed E-state index contributed by atoms with van der Waals surface area (Å²) in [4.78, 5) is 27.3. The van der Waals surface area contributed by atoms with Crippen molar-refractivity contribution in [2.24, 2.45) is 0 Å². The third kappa shape index (κ3) is 6.08. The highest BCUT2D eigenvalue weighted by atomic mass is 35.5. The summed E-state index contributed by atoms with van der Waals surface area (Å²) in [5.41, 5.74) is 3.70. The van der Waals surface area contributed by atoms with Crippen LogP contribution in [-0.2, 0) is 4.79 Å². The van der Waals surface area contributed by atoms with E-state index >= 15 is 0 Å². The molecular weight excluding hydrogens is 512 g/mol. The summed E-state index contributed by atoms with van der Waals surface area (Å²) in [5.74, 6) is -0.349. The molecule has 0 radical (unpaired) electrons. The third-order valence-corrected chi connectivity index (χ3v) is 7.79. The Morgan fingerprint density at radius 3 is 2.24 bits per heavy atom. The first-order valence-corrected chi connectivity index (χ1v) is 13.4. The van der Waals surface area contributed by atoms with Gasteiger partial charge in [0.15, 0.2) is 0 Å². The van der Waals surface area contributed by atoms with Crippen molar-refractivity contribution in [1.82, 2.24) is 0 Å². The molecule has 5 aromatic rings. The van der Waals surface area contributed by atoms with Gasteiger partial charge in [0.1, 0.15) is 5.25 Å². The predicted molar refractivity (Wildman–Crippen MR) is 158 cm³/mol. The summed E-state index contributed by atoms with van der Waals surface area (Å²) in [6.45, 7) is 1.92. The minimum Gasteiger partial charge on any atom is -0.325 e. The Hall–Kier alpha value is -4.06. The lowest BCUT2D eigenvalue weighted by molar-refractivity contribution is -0.115. The van der Waals surface area contributed by atoms with E-state index in [2.05, 4.69) is 10.6 Å². The average Bonchev–Trinajstić information content (AvgIpc) is 2.94. The summed E-state index contributed by atoms with van der Waals surface area (Å²) in [5, 5.41) is 8.17. The third-order valence-electron chi connectivity index (χ3n) is 6.14. The Bertz CT molecular complexity index is 1620. The summed E-state index contributed by atoms with van der Waals surface area (Å²) >= 11 is 7.68. The van der Waals surface area contributed by atoms with Crippen LogP contribution in [0.3, 0.4) is 0 Å². The van der Waals surface area contributed by atoms with E-state index < -0.39 is 5.25 Å². The molecule has 1 atom stereocenters. The number of amides is 2. The maximum Gasteiger partial charge on any atom is 0.255 e. The zero-order chi connectivity index (χ0) is 26.5. The van der Waals surface area contributed by atoms with Crippen LogP contribution in [0.1, 0.15) is 26.7 Å². The van der Waals surface area contributed by atoms with Crippen molar-refractivity contribution in [1.29, 1.82) is 0 Å². The van der Waals surface area contributed by atoms with Gasteiger partial charge in [0.2, 0.25) is 5.91 Å². The van der Waals surface area contributed by atoms with Crippen molar-refractivity contribution in [3.8, 4) is 0 Å². The van der Waals surface area contributed by atoms with Gasteiger partial charge in [0.25, 0.3) is 5.91 Å². The van der Waals surface area contributed by atoms with Crippen LogP contribution in [0.4, 0.5) is 11.4 Å². The van der Waals surface area contributed by atoms with Crippen molar-refractivity contribution in [3.05, 3.63) is 137 Å². The molecule has 38 heavy (non-hydrogen) atoms. The van der Waals surface area contributed by atoms with Gasteiger partial charge in [-0.2, -0.15) is 0 Å². The number of carbonyl (C=O) groups is 2. The van der Waals surface area contributed by atoms with E-state index in [4.69, 9.17) is 11.6 Å². The molecule has 2 amide bonds. The molecule has 0 aliphatic rings. The van der Waals surface area contributed by atoms with Gasteiger partial charge in [0.05, 0.1) is 0 Å². The number of thioether (sulfide) groups is 1. The van der Waals surface area contributed by atoms with Gasteiger partial charge in [-0.15, -0.1) is 11.8 Å². The van der Waals surface area contributed by atoms with E-state index in [0.717, 1.165) is 26.8 Å². The zero-order valence-corrected chi connectivity index (χ0v) is 22.2. The Labute approximate surface area is 231 Å². The van der Waals surface area contributed by atoms with E-state index in [1.807, 2.05) is 116 Å². The van der Waals surface area contributed by atoms with E-state index in [-0.39, 0.29) is 11.8 Å². The predicted octanol–water partition coefficient (Wildman–Crippen LogP) is 8.53. The highest BCUT2D eigenvalue weighted by Gasteiger charge is 2.23. The van der Waals surface area contributed by atoms with Crippen molar-refractivity contribution >= 4 is 57.3 Å². The van der Waals surface area contributed by atoms with Gasteiger partial charge >= 0.3 is 0 Å². The standard InChI is InChI=1S/C32H25ClN2O2S/c1-21-14-17-27(20-29(21)33)35-32(37)30(23-9-3-2-4-10-23)38-28-13-7-12-26(19-28)34-31(36)25-16-15-22-8-5-6-11-24(22)18-25/h2-20,30H,1H3,(H,34,36)(H,35,37). The molecule has 5 aromatic carbocycles. The van der Waals surface area contributed by atoms with Gasteiger partial charge in [-0.25, -0.2) is 0 Å². The number of fused-ring (bicyclic) bond motifs is 1. The number of nitrogens with one attached hydrogen (secondary N) is 2. The summed E-state index contributed by atoms with van der Waals surface area (Å²) < 4.78 is 0. The van der Waals surface area contributed by atoms with Gasteiger partial charge in [-0.3, -0.25) is 9.59 Å². The molecule has 1 unspecified atom stereocenters. The van der Waals surface area contributed by atoms with Crippen molar-refractivity contribution in [2.75, 3.05) is 10.6 Å². The lowest BCUT2D eigenvalue weighted by Crippen LogP contribution is -2.19. The van der Waals surface area contributed by atoms with Crippen LogP contribution in [0.5, 0.6) is 0 Å². The largest absolute Gasteiger partial charge is 0.325 e. The zero-order valence-electron chi connectivity index (χ0n) is 20.6. The number of anilines is 2. The molecule has 188 valence electrons. The van der Waals surface area contributed by atoms with Crippen LogP contribution in [0.2, 0.25) is 5.02 Å². The van der Waals surface area contributed by atoms with Gasteiger partial charge < -0.3 is 10.6 Å². The number of halogens is 1. The monoisotopic (exact) mass is 536 g/mol. The number of aryl methyl sites for hydroxylation is 1. The molecule has 2 N–H and O–H groups in total. The van der Waals surface area contributed by atoms with Crippen LogP contribution in [0.15, 0.2) is 120 Å². The first-order valence-electron chi connectivity index (χ1n) is 12.1. The summed E-state index contributed by atoms with van der Waals surface area (Å²) in [7, 11) is 0. The lowest BCUT2D eigenvalue weighted by Gasteiger charge is -2.18. The lowest BCUT2D eigenvalue weighted by atomic mass is 10.1. The molecule has 0 aromatic heterocycles. The molecular formula is C32H25ClN2O2S. The smallest absolute Gasteiger partial charge is 0.255 e. The van der Waals surface area contributed by atoms with Crippen LogP contribution >= 0.6 is 23.4 Å². The van der Waals surface area contributed by atoms with E-state index in [0.29, 0.717) is 22.0 Å². The Balaban J connectivity index is 1.35. The number of benzene rings is 5. The maximum atomic E-state index is 13.4. The van der Waals surface area contributed by atoms with Crippen molar-refractivity contribution in [3.63, 3.8) is 0 Å². The van der Waals surface area contributed by atoms with Crippen LogP contribution in [0.25, 0.3) is 10.8 Å². The van der Waals surface area contributed by atoms with E-state index in [1.54, 1.807) is 6.07 Å². The number of hydrogen-bond donors (Lipinski definition) is 2. The minimum atomic E-state index is -0.511. The van der Waals surface area contributed by atoms with Crippen LogP contribution in [-0.4, -0.2) is 11.8 Å². The molecule has 6 heteroatoms. The Kier molecular flexibility index (Phi) is 7.78. The first-order chi connectivity index (χ1) is 18.5. The Morgan fingerprint density at radius 2 is 1.45 bits per heavy atom. The topological polar surface area (TPSA) is 58.2 Å². The molecule has 4 nitrogen and oxygen atoms in total.